The lowest BCUT2D eigenvalue weighted by Gasteiger charge is -2.27. The number of nitrogens with zero attached hydrogens (tertiary/aromatic N) is 1. The lowest BCUT2D eigenvalue weighted by molar-refractivity contribution is -0.128. The molecule has 1 N–H and O–H groups in total. The van der Waals surface area contributed by atoms with E-state index in [4.69, 9.17) is 0 Å². The smallest absolute Gasteiger partial charge is 0.222 e. The summed E-state index contributed by atoms with van der Waals surface area (Å²) >= 11 is 0. The second-order valence-corrected chi connectivity index (χ2v) is 4.09. The highest BCUT2D eigenvalue weighted by Gasteiger charge is 2.23. The van der Waals surface area contributed by atoms with Gasteiger partial charge in [-0.05, 0) is 25.8 Å². The number of likely N-dealkylation sites (tertiary alicyclic amines) is 1. The lowest BCUT2D eigenvalue weighted by Crippen LogP contribution is -2.44. The van der Waals surface area contributed by atoms with E-state index in [1.165, 1.54) is 19.3 Å². The molecule has 15 heavy (non-hydrogen) atoms. The highest BCUT2D eigenvalue weighted by molar-refractivity contribution is 5.85. The van der Waals surface area contributed by atoms with Gasteiger partial charge in [-0.1, -0.05) is 6.42 Å². The SMILES string of the molecule is Cl.Cl.O=C1CCCN1CC1CCCCN1. The molecule has 0 spiro atoms. The van der Waals surface area contributed by atoms with E-state index < -0.39 is 0 Å². The normalized spacial score (nSPS) is 25.7. The largest absolute Gasteiger partial charge is 0.341 e. The highest BCUT2D eigenvalue weighted by atomic mass is 35.5. The Kier molecular flexibility index (Phi) is 7.32. The first-order valence-corrected chi connectivity index (χ1v) is 5.37. The van der Waals surface area contributed by atoms with Crippen molar-refractivity contribution in [3.05, 3.63) is 0 Å². The Morgan fingerprint density at radius 3 is 2.60 bits per heavy atom. The number of amides is 1. The van der Waals surface area contributed by atoms with Gasteiger partial charge in [-0.3, -0.25) is 4.79 Å². The number of hydrogen-bond acceptors (Lipinski definition) is 2. The third-order valence-corrected chi connectivity index (χ3v) is 3.02. The summed E-state index contributed by atoms with van der Waals surface area (Å²) in [7, 11) is 0. The fourth-order valence-corrected chi connectivity index (χ4v) is 2.24. The van der Waals surface area contributed by atoms with E-state index in [1.54, 1.807) is 0 Å². The van der Waals surface area contributed by atoms with Crippen LogP contribution in [-0.2, 0) is 4.79 Å². The van der Waals surface area contributed by atoms with Gasteiger partial charge >= 0.3 is 0 Å². The van der Waals surface area contributed by atoms with Gasteiger partial charge in [0.15, 0.2) is 0 Å². The molecule has 5 heteroatoms. The summed E-state index contributed by atoms with van der Waals surface area (Å²) in [5, 5.41) is 3.47. The van der Waals surface area contributed by atoms with Gasteiger partial charge in [-0.25, -0.2) is 0 Å². The van der Waals surface area contributed by atoms with E-state index in [2.05, 4.69) is 5.32 Å². The molecule has 0 aromatic rings. The lowest BCUT2D eigenvalue weighted by atomic mass is 10.0. The number of carbonyl (C=O) groups excluding carboxylic acids is 1. The van der Waals surface area contributed by atoms with Gasteiger partial charge in [-0.2, -0.15) is 0 Å². The van der Waals surface area contributed by atoms with Crippen molar-refractivity contribution in [2.24, 2.45) is 0 Å². The molecule has 2 aliphatic heterocycles. The third-order valence-electron chi connectivity index (χ3n) is 3.02. The average Bonchev–Trinajstić information content (AvgIpc) is 2.54. The van der Waals surface area contributed by atoms with Crippen molar-refractivity contribution >= 4 is 30.7 Å². The summed E-state index contributed by atoms with van der Waals surface area (Å²) in [4.78, 5) is 13.4. The van der Waals surface area contributed by atoms with Crippen molar-refractivity contribution in [1.82, 2.24) is 10.2 Å². The summed E-state index contributed by atoms with van der Waals surface area (Å²) in [5.41, 5.74) is 0. The number of nitrogens with one attached hydrogen (secondary N) is 1. The Bertz CT molecular complexity index is 196. The third kappa shape index (κ3) is 4.17. The van der Waals surface area contributed by atoms with Crippen LogP contribution in [0.25, 0.3) is 0 Å². The first-order chi connectivity index (χ1) is 6.36. The Hall–Kier alpha value is 0.01000. The van der Waals surface area contributed by atoms with Crippen LogP contribution in [0.3, 0.4) is 0 Å². The van der Waals surface area contributed by atoms with Crippen molar-refractivity contribution in [2.45, 2.75) is 38.1 Å². The molecular formula is C10H20Cl2N2O. The van der Waals surface area contributed by atoms with Gasteiger partial charge in [0, 0.05) is 25.6 Å². The van der Waals surface area contributed by atoms with E-state index in [0.29, 0.717) is 11.9 Å². The number of rotatable bonds is 2. The summed E-state index contributed by atoms with van der Waals surface area (Å²) in [6.07, 6.45) is 5.69. The molecule has 0 aromatic carbocycles. The molecule has 1 amide bonds. The zero-order valence-corrected chi connectivity index (χ0v) is 10.5. The Labute approximate surface area is 104 Å². The monoisotopic (exact) mass is 254 g/mol. The first kappa shape index (κ1) is 15.0. The van der Waals surface area contributed by atoms with Crippen molar-refractivity contribution in [2.75, 3.05) is 19.6 Å². The Morgan fingerprint density at radius 2 is 2.07 bits per heavy atom. The average molecular weight is 255 g/mol. The van der Waals surface area contributed by atoms with Gasteiger partial charge in [0.2, 0.25) is 5.91 Å². The second-order valence-electron chi connectivity index (χ2n) is 4.09. The Balaban J connectivity index is 0.000000980. The number of halogens is 2. The zero-order valence-electron chi connectivity index (χ0n) is 8.91. The zero-order chi connectivity index (χ0) is 9.10. The van der Waals surface area contributed by atoms with Crippen LogP contribution >= 0.6 is 24.8 Å². The summed E-state index contributed by atoms with van der Waals surface area (Å²) in [6.45, 7) is 3.06. The van der Waals surface area contributed by atoms with Crippen LogP contribution < -0.4 is 5.32 Å². The molecule has 0 saturated carbocycles. The molecule has 2 rings (SSSR count). The van der Waals surface area contributed by atoms with Crippen LogP contribution in [0, 0.1) is 0 Å². The predicted molar refractivity (Wildman–Crippen MR) is 66.0 cm³/mol. The summed E-state index contributed by atoms with van der Waals surface area (Å²) < 4.78 is 0. The molecule has 0 radical (unpaired) electrons. The highest BCUT2D eigenvalue weighted by Crippen LogP contribution is 2.13. The quantitative estimate of drug-likeness (QED) is 0.812. The molecule has 0 aliphatic carbocycles. The van der Waals surface area contributed by atoms with E-state index in [9.17, 15) is 4.79 Å². The van der Waals surface area contributed by atoms with Crippen LogP contribution in [0.15, 0.2) is 0 Å². The molecule has 0 aromatic heterocycles. The van der Waals surface area contributed by atoms with Gasteiger partial charge in [0.05, 0.1) is 0 Å². The second kappa shape index (κ2) is 7.31. The van der Waals surface area contributed by atoms with Crippen molar-refractivity contribution in [1.29, 1.82) is 0 Å². The van der Waals surface area contributed by atoms with Crippen LogP contribution in [-0.4, -0.2) is 36.5 Å². The molecule has 2 heterocycles. The minimum atomic E-state index is 0. The van der Waals surface area contributed by atoms with Crippen LogP contribution in [0.4, 0.5) is 0 Å². The molecular weight excluding hydrogens is 235 g/mol. The molecule has 90 valence electrons. The molecule has 0 bridgehead atoms. The molecule has 1 atom stereocenters. The van der Waals surface area contributed by atoms with E-state index in [0.717, 1.165) is 32.5 Å². The minimum Gasteiger partial charge on any atom is -0.341 e. The van der Waals surface area contributed by atoms with Crippen molar-refractivity contribution < 1.29 is 4.79 Å². The van der Waals surface area contributed by atoms with Crippen LogP contribution in [0.5, 0.6) is 0 Å². The number of hydrogen-bond donors (Lipinski definition) is 1. The predicted octanol–water partition coefficient (Wildman–Crippen LogP) is 1.59. The summed E-state index contributed by atoms with van der Waals surface area (Å²) in [6, 6.07) is 0.566. The fraction of sp³-hybridized carbons (Fsp3) is 0.900. The molecule has 1 unspecified atom stereocenters. The molecule has 3 nitrogen and oxygen atoms in total. The van der Waals surface area contributed by atoms with E-state index in [1.807, 2.05) is 4.90 Å². The van der Waals surface area contributed by atoms with Crippen molar-refractivity contribution in [3.8, 4) is 0 Å². The van der Waals surface area contributed by atoms with E-state index >= 15 is 0 Å². The van der Waals surface area contributed by atoms with E-state index in [-0.39, 0.29) is 24.8 Å². The fourth-order valence-electron chi connectivity index (χ4n) is 2.24. The number of piperidine rings is 1. The summed E-state index contributed by atoms with van der Waals surface area (Å²) in [5.74, 6) is 0.354. The standard InChI is InChI=1S/C10H18N2O.2ClH/c13-10-5-3-7-12(10)8-9-4-1-2-6-11-9;;/h9,11H,1-8H2;2*1H. The van der Waals surface area contributed by atoms with Gasteiger partial charge in [-0.15, -0.1) is 24.8 Å². The van der Waals surface area contributed by atoms with Gasteiger partial charge in [0.25, 0.3) is 0 Å². The Morgan fingerprint density at radius 1 is 1.27 bits per heavy atom. The number of carbonyl (C=O) groups is 1. The minimum absolute atomic E-state index is 0. The van der Waals surface area contributed by atoms with Crippen LogP contribution in [0.1, 0.15) is 32.1 Å². The van der Waals surface area contributed by atoms with Crippen molar-refractivity contribution in [3.63, 3.8) is 0 Å². The molecule has 2 fully saturated rings. The maximum Gasteiger partial charge on any atom is 0.222 e. The first-order valence-electron chi connectivity index (χ1n) is 5.37. The molecule has 2 saturated heterocycles. The van der Waals surface area contributed by atoms with Gasteiger partial charge in [0.1, 0.15) is 0 Å². The topological polar surface area (TPSA) is 32.3 Å². The van der Waals surface area contributed by atoms with Gasteiger partial charge < -0.3 is 10.2 Å². The van der Waals surface area contributed by atoms with Crippen LogP contribution in [0.2, 0.25) is 0 Å². The molecule has 2 aliphatic rings. The maximum absolute atomic E-state index is 11.3. The maximum atomic E-state index is 11.3.